The molecule has 0 fully saturated rings. The molecule has 1 aromatic carbocycles. The van der Waals surface area contributed by atoms with Crippen LogP contribution in [0.5, 0.6) is 0 Å². The third-order valence-electron chi connectivity index (χ3n) is 2.39. The highest BCUT2D eigenvalue weighted by molar-refractivity contribution is 7.93. The third kappa shape index (κ3) is 3.17. The van der Waals surface area contributed by atoms with Gasteiger partial charge in [-0.05, 0) is 32.4 Å². The molecule has 0 unspecified atom stereocenters. The molecule has 0 aliphatic rings. The minimum atomic E-state index is -3.39. The van der Waals surface area contributed by atoms with E-state index in [1.54, 1.807) is 26.0 Å². The Bertz CT molecular complexity index is 536. The fraction of sp³-hybridized carbons (Fsp3) is 0.364. The van der Waals surface area contributed by atoms with Crippen molar-refractivity contribution in [2.24, 2.45) is 5.73 Å². The standard InChI is InChI=1S/C11H16N2O2S2/c1-7(2)17(14,15)13-9-6-4-5-8(3)10(9)11(12)16/h4-7,13H,1-3H3,(H2,12,16). The Balaban J connectivity index is 3.25. The molecule has 0 aliphatic carbocycles. The summed E-state index contributed by atoms with van der Waals surface area (Å²) in [5.41, 5.74) is 7.47. The molecule has 0 saturated carbocycles. The average Bonchev–Trinajstić information content (AvgIpc) is 2.15. The zero-order chi connectivity index (χ0) is 13.2. The van der Waals surface area contributed by atoms with Gasteiger partial charge in [-0.2, -0.15) is 0 Å². The average molecular weight is 272 g/mol. The van der Waals surface area contributed by atoms with E-state index in [0.717, 1.165) is 5.56 Å². The molecule has 4 nitrogen and oxygen atoms in total. The summed E-state index contributed by atoms with van der Waals surface area (Å²) in [6.07, 6.45) is 0. The first-order valence-electron chi connectivity index (χ1n) is 5.16. The Morgan fingerprint density at radius 1 is 1.41 bits per heavy atom. The van der Waals surface area contributed by atoms with Crippen LogP contribution in [0.4, 0.5) is 5.69 Å². The SMILES string of the molecule is Cc1cccc(NS(=O)(=O)C(C)C)c1C(N)=S. The van der Waals surface area contributed by atoms with Crippen molar-refractivity contribution in [1.82, 2.24) is 0 Å². The molecule has 0 atom stereocenters. The van der Waals surface area contributed by atoms with Gasteiger partial charge in [-0.15, -0.1) is 0 Å². The van der Waals surface area contributed by atoms with E-state index in [0.29, 0.717) is 11.3 Å². The van der Waals surface area contributed by atoms with Crippen molar-refractivity contribution in [3.8, 4) is 0 Å². The number of benzene rings is 1. The van der Waals surface area contributed by atoms with Crippen LogP contribution in [0.3, 0.4) is 0 Å². The zero-order valence-electron chi connectivity index (χ0n) is 10.0. The normalized spacial score (nSPS) is 11.5. The maximum atomic E-state index is 11.8. The van der Waals surface area contributed by atoms with E-state index in [2.05, 4.69) is 4.72 Å². The molecule has 1 aromatic rings. The second-order valence-electron chi connectivity index (χ2n) is 4.06. The molecule has 0 saturated heterocycles. The number of rotatable bonds is 4. The molecule has 0 radical (unpaired) electrons. The molecule has 6 heteroatoms. The number of aryl methyl sites for hydroxylation is 1. The monoisotopic (exact) mass is 272 g/mol. The first kappa shape index (κ1) is 13.9. The Hall–Kier alpha value is -1.14. The van der Waals surface area contributed by atoms with Gasteiger partial charge >= 0.3 is 0 Å². The van der Waals surface area contributed by atoms with Gasteiger partial charge < -0.3 is 5.73 Å². The van der Waals surface area contributed by atoms with Gasteiger partial charge in [0.25, 0.3) is 0 Å². The van der Waals surface area contributed by atoms with Gasteiger partial charge in [-0.25, -0.2) is 8.42 Å². The highest BCUT2D eigenvalue weighted by Gasteiger charge is 2.18. The second-order valence-corrected chi connectivity index (χ2v) is 6.73. The largest absolute Gasteiger partial charge is 0.389 e. The summed E-state index contributed by atoms with van der Waals surface area (Å²) in [7, 11) is -3.39. The predicted octanol–water partition coefficient (Wildman–Crippen LogP) is 1.78. The third-order valence-corrected chi connectivity index (χ3v) is 4.34. The molecule has 1 rings (SSSR count). The summed E-state index contributed by atoms with van der Waals surface area (Å²) < 4.78 is 26.1. The molecule has 0 amide bonds. The molecule has 0 spiro atoms. The van der Waals surface area contributed by atoms with E-state index >= 15 is 0 Å². The molecule has 3 N–H and O–H groups in total. The molecule has 17 heavy (non-hydrogen) atoms. The minimum absolute atomic E-state index is 0.185. The van der Waals surface area contributed by atoms with Gasteiger partial charge in [0.15, 0.2) is 0 Å². The maximum Gasteiger partial charge on any atom is 0.235 e. The number of nitrogens with one attached hydrogen (secondary N) is 1. The number of anilines is 1. The molecule has 94 valence electrons. The van der Waals surface area contributed by atoms with Crippen LogP contribution >= 0.6 is 12.2 Å². The van der Waals surface area contributed by atoms with Gasteiger partial charge in [-0.1, -0.05) is 24.4 Å². The first-order valence-corrected chi connectivity index (χ1v) is 7.12. The summed E-state index contributed by atoms with van der Waals surface area (Å²) >= 11 is 4.93. The highest BCUT2D eigenvalue weighted by Crippen LogP contribution is 2.21. The summed E-state index contributed by atoms with van der Waals surface area (Å²) in [5, 5.41) is -0.512. The molecular formula is C11H16N2O2S2. The van der Waals surface area contributed by atoms with Crippen molar-refractivity contribution in [3.05, 3.63) is 29.3 Å². The van der Waals surface area contributed by atoms with E-state index in [-0.39, 0.29) is 4.99 Å². The Morgan fingerprint density at radius 2 is 2.00 bits per heavy atom. The molecule has 0 heterocycles. The topological polar surface area (TPSA) is 72.2 Å². The van der Waals surface area contributed by atoms with E-state index in [4.69, 9.17) is 18.0 Å². The smallest absolute Gasteiger partial charge is 0.235 e. The number of hydrogen-bond acceptors (Lipinski definition) is 3. The van der Waals surface area contributed by atoms with Crippen LogP contribution < -0.4 is 10.5 Å². The van der Waals surface area contributed by atoms with Crippen LogP contribution in [0.15, 0.2) is 18.2 Å². The lowest BCUT2D eigenvalue weighted by atomic mass is 10.1. The van der Waals surface area contributed by atoms with Crippen LogP contribution in [0, 0.1) is 6.92 Å². The highest BCUT2D eigenvalue weighted by atomic mass is 32.2. The molecule has 0 aromatic heterocycles. The van der Waals surface area contributed by atoms with Gasteiger partial charge in [0, 0.05) is 5.56 Å². The van der Waals surface area contributed by atoms with Crippen LogP contribution in [-0.2, 0) is 10.0 Å². The Labute approximate surface area is 107 Å². The Kier molecular flexibility index (Phi) is 4.11. The minimum Gasteiger partial charge on any atom is -0.389 e. The quantitative estimate of drug-likeness (QED) is 0.820. The second kappa shape index (κ2) is 5.01. The Morgan fingerprint density at radius 3 is 2.47 bits per heavy atom. The summed E-state index contributed by atoms with van der Waals surface area (Å²) in [6.45, 7) is 5.05. The summed E-state index contributed by atoms with van der Waals surface area (Å²) in [6, 6.07) is 5.25. The van der Waals surface area contributed by atoms with Crippen molar-refractivity contribution >= 4 is 32.9 Å². The first-order chi connectivity index (χ1) is 7.75. The van der Waals surface area contributed by atoms with Crippen LogP contribution in [0.2, 0.25) is 0 Å². The maximum absolute atomic E-state index is 11.8. The van der Waals surface area contributed by atoms with Crippen molar-refractivity contribution in [1.29, 1.82) is 0 Å². The van der Waals surface area contributed by atoms with Crippen molar-refractivity contribution in [2.75, 3.05) is 4.72 Å². The van der Waals surface area contributed by atoms with E-state index in [1.165, 1.54) is 0 Å². The van der Waals surface area contributed by atoms with E-state index < -0.39 is 15.3 Å². The number of sulfonamides is 1. The summed E-state index contributed by atoms with van der Waals surface area (Å²) in [5.74, 6) is 0. The van der Waals surface area contributed by atoms with Crippen LogP contribution in [0.25, 0.3) is 0 Å². The van der Waals surface area contributed by atoms with Crippen LogP contribution in [-0.4, -0.2) is 18.7 Å². The van der Waals surface area contributed by atoms with Gasteiger partial charge in [0.05, 0.1) is 10.9 Å². The number of thiocarbonyl (C=S) groups is 1. The fourth-order valence-electron chi connectivity index (χ4n) is 1.35. The zero-order valence-corrected chi connectivity index (χ0v) is 11.7. The van der Waals surface area contributed by atoms with Gasteiger partial charge in [0.2, 0.25) is 10.0 Å². The van der Waals surface area contributed by atoms with Crippen molar-refractivity contribution < 1.29 is 8.42 Å². The summed E-state index contributed by atoms with van der Waals surface area (Å²) in [4.78, 5) is 0.185. The van der Waals surface area contributed by atoms with Crippen molar-refractivity contribution in [3.63, 3.8) is 0 Å². The van der Waals surface area contributed by atoms with Crippen molar-refractivity contribution in [2.45, 2.75) is 26.0 Å². The molecule has 0 bridgehead atoms. The van der Waals surface area contributed by atoms with Gasteiger partial charge in [0.1, 0.15) is 4.99 Å². The lowest BCUT2D eigenvalue weighted by Crippen LogP contribution is -2.24. The van der Waals surface area contributed by atoms with Gasteiger partial charge in [-0.3, -0.25) is 4.72 Å². The fourth-order valence-corrected chi connectivity index (χ4v) is 2.33. The van der Waals surface area contributed by atoms with E-state index in [1.807, 2.05) is 13.0 Å². The number of hydrogen-bond donors (Lipinski definition) is 2. The van der Waals surface area contributed by atoms with E-state index in [9.17, 15) is 8.42 Å². The predicted molar refractivity (Wildman–Crippen MR) is 74.7 cm³/mol. The lowest BCUT2D eigenvalue weighted by Gasteiger charge is -2.15. The number of nitrogens with two attached hydrogens (primary N) is 1. The lowest BCUT2D eigenvalue weighted by molar-refractivity contribution is 0.593. The molecular weight excluding hydrogens is 256 g/mol. The van der Waals surface area contributed by atoms with Crippen LogP contribution in [0.1, 0.15) is 25.0 Å². The molecule has 0 aliphatic heterocycles.